The van der Waals surface area contributed by atoms with Gasteiger partial charge in [0.2, 0.25) is 5.76 Å². The number of carbonyl (C=O) groups is 1. The number of rotatable bonds is 4. The maximum absolute atomic E-state index is 12.3. The van der Waals surface area contributed by atoms with Crippen molar-refractivity contribution >= 4 is 53.5 Å². The van der Waals surface area contributed by atoms with E-state index in [-0.39, 0.29) is 9.56 Å². The Balaban J connectivity index is 2.43. The van der Waals surface area contributed by atoms with Crippen LogP contribution in [0.2, 0.25) is 0 Å². The van der Waals surface area contributed by atoms with Crippen molar-refractivity contribution in [3.05, 3.63) is 44.7 Å². The minimum atomic E-state index is -3.97. The van der Waals surface area contributed by atoms with E-state index in [1.54, 1.807) is 25.1 Å². The average molecular weight is 439 g/mol. The van der Waals surface area contributed by atoms with Crippen LogP contribution in [0, 0.1) is 6.92 Å². The van der Waals surface area contributed by atoms with E-state index in [1.807, 2.05) is 0 Å². The highest BCUT2D eigenvalue weighted by Crippen LogP contribution is 2.30. The molecule has 0 bridgehead atoms. The molecule has 1 aromatic heterocycles. The van der Waals surface area contributed by atoms with E-state index in [2.05, 4.69) is 36.6 Å². The summed E-state index contributed by atoms with van der Waals surface area (Å²) in [4.78, 5) is 10.5. The number of benzene rings is 1. The summed E-state index contributed by atoms with van der Waals surface area (Å²) < 4.78 is 32.4. The average Bonchev–Trinajstić information content (AvgIpc) is 2.78. The number of anilines is 1. The van der Waals surface area contributed by atoms with Gasteiger partial charge in [-0.05, 0) is 40.5 Å². The number of nitrogens with one attached hydrogen (secondary N) is 1. The molecule has 0 unspecified atom stereocenters. The van der Waals surface area contributed by atoms with Gasteiger partial charge in [0.1, 0.15) is 4.90 Å². The standard InChI is InChI=1S/C12H9Br2NO5S/c1-6-7(13)3-2-4-8(6)15-21(18,19)10-5-9(12(16)17)20-11(10)14/h2-5,15H,1H3,(H,16,17). The first-order valence-electron chi connectivity index (χ1n) is 5.53. The molecule has 112 valence electrons. The summed E-state index contributed by atoms with van der Waals surface area (Å²) in [6.07, 6.45) is 0. The van der Waals surface area contributed by atoms with Gasteiger partial charge in [0.25, 0.3) is 10.0 Å². The fourth-order valence-corrected chi connectivity index (χ4v) is 3.99. The molecule has 0 fully saturated rings. The molecule has 2 N–H and O–H groups in total. The third-order valence-corrected chi connectivity index (χ3v) is 5.75. The zero-order valence-electron chi connectivity index (χ0n) is 10.6. The minimum absolute atomic E-state index is 0.167. The Labute approximate surface area is 137 Å². The summed E-state index contributed by atoms with van der Waals surface area (Å²) in [6, 6.07) is 6.01. The van der Waals surface area contributed by atoms with Crippen molar-refractivity contribution < 1.29 is 22.7 Å². The molecule has 0 aliphatic rings. The van der Waals surface area contributed by atoms with Crippen molar-refractivity contribution in [1.82, 2.24) is 0 Å². The van der Waals surface area contributed by atoms with Crippen LogP contribution in [0.4, 0.5) is 5.69 Å². The van der Waals surface area contributed by atoms with Gasteiger partial charge >= 0.3 is 5.97 Å². The highest BCUT2D eigenvalue weighted by Gasteiger charge is 2.25. The van der Waals surface area contributed by atoms with E-state index in [0.717, 1.165) is 10.5 Å². The number of halogens is 2. The number of aromatic carboxylic acids is 1. The number of furan rings is 1. The van der Waals surface area contributed by atoms with E-state index < -0.39 is 21.8 Å². The molecule has 0 atom stereocenters. The van der Waals surface area contributed by atoms with Crippen LogP contribution in [-0.4, -0.2) is 19.5 Å². The molecular formula is C12H9Br2NO5S. The second-order valence-corrected chi connectivity index (χ2v) is 7.30. The third-order valence-electron chi connectivity index (χ3n) is 2.67. The van der Waals surface area contributed by atoms with Crippen molar-refractivity contribution in [1.29, 1.82) is 0 Å². The first-order chi connectivity index (χ1) is 9.72. The van der Waals surface area contributed by atoms with Gasteiger partial charge < -0.3 is 9.52 Å². The van der Waals surface area contributed by atoms with Crippen LogP contribution < -0.4 is 4.72 Å². The quantitative estimate of drug-likeness (QED) is 0.759. The highest BCUT2D eigenvalue weighted by atomic mass is 79.9. The molecule has 0 amide bonds. The first-order valence-corrected chi connectivity index (χ1v) is 8.60. The Kier molecular flexibility index (Phi) is 4.45. The molecule has 0 aliphatic carbocycles. The van der Waals surface area contributed by atoms with E-state index in [1.165, 1.54) is 0 Å². The summed E-state index contributed by atoms with van der Waals surface area (Å²) in [7, 11) is -3.97. The molecule has 2 rings (SSSR count). The fourth-order valence-electron chi connectivity index (χ4n) is 1.56. The van der Waals surface area contributed by atoms with Crippen molar-refractivity contribution in [2.24, 2.45) is 0 Å². The maximum atomic E-state index is 12.3. The van der Waals surface area contributed by atoms with Gasteiger partial charge in [-0.15, -0.1) is 0 Å². The van der Waals surface area contributed by atoms with Crippen LogP contribution >= 0.6 is 31.9 Å². The van der Waals surface area contributed by atoms with Crippen LogP contribution in [0.15, 0.2) is 42.7 Å². The molecule has 21 heavy (non-hydrogen) atoms. The van der Waals surface area contributed by atoms with Crippen LogP contribution in [0.25, 0.3) is 0 Å². The zero-order valence-corrected chi connectivity index (χ0v) is 14.5. The summed E-state index contributed by atoms with van der Waals surface area (Å²) in [5, 5.41) is 8.82. The van der Waals surface area contributed by atoms with Crippen LogP contribution in [-0.2, 0) is 10.0 Å². The van der Waals surface area contributed by atoms with Gasteiger partial charge in [-0.2, -0.15) is 0 Å². The lowest BCUT2D eigenvalue weighted by molar-refractivity contribution is 0.0661. The SMILES string of the molecule is Cc1c(Br)cccc1NS(=O)(=O)c1cc(C(=O)O)oc1Br. The first kappa shape index (κ1) is 16.1. The van der Waals surface area contributed by atoms with E-state index in [0.29, 0.717) is 11.3 Å². The lowest BCUT2D eigenvalue weighted by Gasteiger charge is -2.10. The number of carboxylic acids is 1. The molecule has 0 radical (unpaired) electrons. The van der Waals surface area contributed by atoms with Crippen molar-refractivity contribution in [2.45, 2.75) is 11.8 Å². The molecule has 1 aromatic carbocycles. The van der Waals surface area contributed by atoms with Crippen molar-refractivity contribution in [2.75, 3.05) is 4.72 Å². The summed E-state index contributed by atoms with van der Waals surface area (Å²) in [5.41, 5.74) is 1.09. The van der Waals surface area contributed by atoms with Crippen LogP contribution in [0.3, 0.4) is 0 Å². The molecule has 0 spiro atoms. The smallest absolute Gasteiger partial charge is 0.371 e. The second kappa shape index (κ2) is 5.82. The molecular weight excluding hydrogens is 430 g/mol. The Hall–Kier alpha value is -1.32. The highest BCUT2D eigenvalue weighted by molar-refractivity contribution is 9.10. The van der Waals surface area contributed by atoms with Crippen LogP contribution in [0.5, 0.6) is 0 Å². The number of carboxylic acid groups (broad SMARTS) is 1. The second-order valence-electron chi connectivity index (χ2n) is 4.07. The van der Waals surface area contributed by atoms with E-state index in [4.69, 9.17) is 9.52 Å². The van der Waals surface area contributed by atoms with E-state index in [9.17, 15) is 13.2 Å². The van der Waals surface area contributed by atoms with Crippen molar-refractivity contribution in [3.8, 4) is 0 Å². The van der Waals surface area contributed by atoms with Gasteiger partial charge in [-0.3, -0.25) is 4.72 Å². The number of sulfonamides is 1. The molecule has 9 heteroatoms. The lowest BCUT2D eigenvalue weighted by atomic mass is 10.2. The predicted molar refractivity (Wildman–Crippen MR) is 83.1 cm³/mol. The molecule has 2 aromatic rings. The van der Waals surface area contributed by atoms with Gasteiger partial charge in [0.05, 0.1) is 5.69 Å². The zero-order chi connectivity index (χ0) is 15.8. The molecule has 1 heterocycles. The summed E-state index contributed by atoms with van der Waals surface area (Å²) >= 11 is 6.22. The summed E-state index contributed by atoms with van der Waals surface area (Å²) in [6.45, 7) is 1.75. The molecule has 0 saturated heterocycles. The topological polar surface area (TPSA) is 96.6 Å². The Morgan fingerprint density at radius 3 is 2.57 bits per heavy atom. The lowest BCUT2D eigenvalue weighted by Crippen LogP contribution is -2.13. The fraction of sp³-hybridized carbons (Fsp3) is 0.0833. The van der Waals surface area contributed by atoms with Crippen LogP contribution in [0.1, 0.15) is 16.1 Å². The Morgan fingerprint density at radius 1 is 1.33 bits per heavy atom. The molecule has 0 saturated carbocycles. The molecule has 0 aliphatic heterocycles. The molecule has 6 nitrogen and oxygen atoms in total. The Bertz CT molecular complexity index is 813. The van der Waals surface area contributed by atoms with Gasteiger partial charge in [-0.25, -0.2) is 13.2 Å². The predicted octanol–water partition coefficient (Wildman–Crippen LogP) is 3.61. The van der Waals surface area contributed by atoms with Crippen molar-refractivity contribution in [3.63, 3.8) is 0 Å². The minimum Gasteiger partial charge on any atom is -0.475 e. The van der Waals surface area contributed by atoms with Gasteiger partial charge in [0, 0.05) is 10.5 Å². The largest absolute Gasteiger partial charge is 0.475 e. The van der Waals surface area contributed by atoms with Gasteiger partial charge in [0.15, 0.2) is 4.67 Å². The normalized spacial score (nSPS) is 11.4. The monoisotopic (exact) mass is 437 g/mol. The maximum Gasteiger partial charge on any atom is 0.371 e. The van der Waals surface area contributed by atoms with Gasteiger partial charge in [-0.1, -0.05) is 22.0 Å². The van der Waals surface area contributed by atoms with E-state index >= 15 is 0 Å². The Morgan fingerprint density at radius 2 is 2.00 bits per heavy atom. The number of hydrogen-bond acceptors (Lipinski definition) is 4. The summed E-state index contributed by atoms with van der Waals surface area (Å²) in [5.74, 6) is -1.82. The number of hydrogen-bond donors (Lipinski definition) is 2. The third kappa shape index (κ3) is 3.30.